The van der Waals surface area contributed by atoms with E-state index in [0.717, 1.165) is 24.8 Å². The Kier molecular flexibility index (Phi) is 8.54. The second-order valence-corrected chi connectivity index (χ2v) is 6.54. The van der Waals surface area contributed by atoms with Gasteiger partial charge in [-0.25, -0.2) is 0 Å². The minimum absolute atomic E-state index is 0.144. The normalized spacial score (nSPS) is 12.1. The molecule has 0 aliphatic carbocycles. The van der Waals surface area contributed by atoms with Gasteiger partial charge in [0.05, 0.1) is 6.61 Å². The molecule has 0 fully saturated rings. The van der Waals surface area contributed by atoms with Gasteiger partial charge in [-0.1, -0.05) is 30.2 Å². The van der Waals surface area contributed by atoms with Gasteiger partial charge in [0.15, 0.2) is 0 Å². The molecular weight excluding hydrogens is 296 g/mol. The van der Waals surface area contributed by atoms with Gasteiger partial charge < -0.3 is 4.74 Å². The highest BCUT2D eigenvalue weighted by atomic mass is 35.5. The molecule has 20 heavy (non-hydrogen) atoms. The molecule has 0 aliphatic rings. The zero-order valence-electron chi connectivity index (χ0n) is 11.8. The molecule has 5 heteroatoms. The predicted molar refractivity (Wildman–Crippen MR) is 83.3 cm³/mol. The van der Waals surface area contributed by atoms with E-state index in [4.69, 9.17) is 16.3 Å². The number of unbranched alkanes of at least 4 members (excludes halogenated alkanes) is 2. The maximum atomic E-state index is 11.9. The second kappa shape index (κ2) is 9.94. The lowest BCUT2D eigenvalue weighted by atomic mass is 10.2. The molecule has 0 saturated heterocycles. The summed E-state index contributed by atoms with van der Waals surface area (Å²) >= 11 is 5.80. The molecule has 0 aromatic heterocycles. The van der Waals surface area contributed by atoms with Crippen LogP contribution in [0.1, 0.15) is 38.2 Å². The number of benzene rings is 1. The van der Waals surface area contributed by atoms with Crippen molar-refractivity contribution in [2.45, 2.75) is 38.4 Å². The standard InChI is InChI=1S/C15H21ClO3S/c1-2-19-15(17)6-4-3-5-11-20(18)12-13-7-9-14(16)10-8-13/h7-10H,2-6,11-12H2,1H3. The van der Waals surface area contributed by atoms with Crippen molar-refractivity contribution in [2.75, 3.05) is 12.4 Å². The molecule has 1 unspecified atom stereocenters. The molecule has 0 spiro atoms. The van der Waals surface area contributed by atoms with Gasteiger partial charge in [-0.2, -0.15) is 0 Å². The quantitative estimate of drug-likeness (QED) is 0.515. The van der Waals surface area contributed by atoms with Gasteiger partial charge in [0.25, 0.3) is 0 Å². The van der Waals surface area contributed by atoms with Crippen molar-refractivity contribution in [3.63, 3.8) is 0 Å². The van der Waals surface area contributed by atoms with Crippen molar-refractivity contribution in [3.05, 3.63) is 34.9 Å². The fourth-order valence-corrected chi connectivity index (χ4v) is 3.14. The van der Waals surface area contributed by atoms with Crippen molar-refractivity contribution in [2.24, 2.45) is 0 Å². The monoisotopic (exact) mass is 316 g/mol. The third-order valence-electron chi connectivity index (χ3n) is 2.80. The summed E-state index contributed by atoms with van der Waals surface area (Å²) in [6.07, 6.45) is 3.04. The lowest BCUT2D eigenvalue weighted by molar-refractivity contribution is -0.143. The van der Waals surface area contributed by atoms with Crippen LogP contribution in [0.25, 0.3) is 0 Å². The zero-order chi connectivity index (χ0) is 14.8. The van der Waals surface area contributed by atoms with E-state index in [1.165, 1.54) is 0 Å². The van der Waals surface area contributed by atoms with Crippen LogP contribution in [0.15, 0.2) is 24.3 Å². The lowest BCUT2D eigenvalue weighted by Gasteiger charge is -2.04. The smallest absolute Gasteiger partial charge is 0.305 e. The van der Waals surface area contributed by atoms with E-state index >= 15 is 0 Å². The number of ether oxygens (including phenoxy) is 1. The number of halogens is 1. The van der Waals surface area contributed by atoms with E-state index in [2.05, 4.69) is 0 Å². The van der Waals surface area contributed by atoms with Crippen molar-refractivity contribution in [1.29, 1.82) is 0 Å². The average Bonchev–Trinajstić information content (AvgIpc) is 2.41. The molecular formula is C15H21ClO3S. The minimum Gasteiger partial charge on any atom is -0.466 e. The molecule has 1 atom stereocenters. The number of carbonyl (C=O) groups excluding carboxylic acids is 1. The van der Waals surface area contributed by atoms with Crippen LogP contribution in [0, 0.1) is 0 Å². The predicted octanol–water partition coefficient (Wildman–Crippen LogP) is 3.71. The Morgan fingerprint density at radius 3 is 2.55 bits per heavy atom. The van der Waals surface area contributed by atoms with E-state index in [0.29, 0.717) is 29.6 Å². The van der Waals surface area contributed by atoms with Crippen LogP contribution < -0.4 is 0 Å². The molecule has 0 aliphatic heterocycles. The Morgan fingerprint density at radius 2 is 1.90 bits per heavy atom. The Bertz CT molecular complexity index is 431. The van der Waals surface area contributed by atoms with Gasteiger partial charge in [0.2, 0.25) is 0 Å². The van der Waals surface area contributed by atoms with Crippen LogP contribution >= 0.6 is 11.6 Å². The molecule has 1 rings (SSSR count). The first-order valence-electron chi connectivity index (χ1n) is 6.87. The van der Waals surface area contributed by atoms with Gasteiger partial charge in [-0.3, -0.25) is 9.00 Å². The Hall–Kier alpha value is -0.870. The van der Waals surface area contributed by atoms with Gasteiger partial charge >= 0.3 is 5.97 Å². The molecule has 0 heterocycles. The van der Waals surface area contributed by atoms with Gasteiger partial charge in [0, 0.05) is 33.7 Å². The number of rotatable bonds is 9. The van der Waals surface area contributed by atoms with E-state index < -0.39 is 10.8 Å². The lowest BCUT2D eigenvalue weighted by Crippen LogP contribution is -2.04. The first kappa shape index (κ1) is 17.2. The van der Waals surface area contributed by atoms with Crippen LogP contribution in [-0.4, -0.2) is 22.5 Å². The van der Waals surface area contributed by atoms with Gasteiger partial charge in [0.1, 0.15) is 0 Å². The summed E-state index contributed by atoms with van der Waals surface area (Å²) in [5, 5.41) is 0.693. The molecule has 112 valence electrons. The maximum absolute atomic E-state index is 11.9. The van der Waals surface area contributed by atoms with E-state index in [-0.39, 0.29) is 5.97 Å². The van der Waals surface area contributed by atoms with Crippen LogP contribution in [0.5, 0.6) is 0 Å². The number of carbonyl (C=O) groups is 1. The first-order chi connectivity index (χ1) is 9.61. The molecule has 0 radical (unpaired) electrons. The van der Waals surface area contributed by atoms with Crippen LogP contribution in [0.3, 0.4) is 0 Å². The highest BCUT2D eigenvalue weighted by Gasteiger charge is 2.04. The molecule has 0 saturated carbocycles. The number of esters is 1. The highest BCUT2D eigenvalue weighted by molar-refractivity contribution is 7.84. The fraction of sp³-hybridized carbons (Fsp3) is 0.533. The summed E-state index contributed by atoms with van der Waals surface area (Å²) in [4.78, 5) is 11.1. The Labute approximate surface area is 128 Å². The molecule has 1 aromatic rings. The van der Waals surface area contributed by atoms with Crippen molar-refractivity contribution < 1.29 is 13.7 Å². The van der Waals surface area contributed by atoms with Crippen molar-refractivity contribution in [3.8, 4) is 0 Å². The van der Waals surface area contributed by atoms with Gasteiger partial charge in [-0.15, -0.1) is 0 Å². The SMILES string of the molecule is CCOC(=O)CCCCCS(=O)Cc1ccc(Cl)cc1. The molecule has 0 amide bonds. The van der Waals surface area contributed by atoms with Crippen LogP contribution in [-0.2, 0) is 26.1 Å². The summed E-state index contributed by atoms with van der Waals surface area (Å²) in [7, 11) is -0.854. The third-order valence-corrected chi connectivity index (χ3v) is 4.45. The minimum atomic E-state index is -0.854. The highest BCUT2D eigenvalue weighted by Crippen LogP contribution is 2.12. The number of hydrogen-bond acceptors (Lipinski definition) is 3. The molecule has 1 aromatic carbocycles. The largest absolute Gasteiger partial charge is 0.466 e. The number of hydrogen-bond donors (Lipinski definition) is 0. The maximum Gasteiger partial charge on any atom is 0.305 e. The summed E-state index contributed by atoms with van der Waals surface area (Å²) in [6.45, 7) is 2.24. The fourth-order valence-electron chi connectivity index (χ4n) is 1.78. The zero-order valence-corrected chi connectivity index (χ0v) is 13.3. The third kappa shape index (κ3) is 7.65. The van der Waals surface area contributed by atoms with E-state index in [1.54, 1.807) is 6.92 Å². The summed E-state index contributed by atoms with van der Waals surface area (Å²) in [5.74, 6) is 1.09. The summed E-state index contributed by atoms with van der Waals surface area (Å²) in [5.41, 5.74) is 1.04. The molecule has 0 bridgehead atoms. The van der Waals surface area contributed by atoms with Crippen LogP contribution in [0.2, 0.25) is 5.02 Å². The van der Waals surface area contributed by atoms with Gasteiger partial charge in [-0.05, 0) is 37.5 Å². The first-order valence-corrected chi connectivity index (χ1v) is 8.73. The Morgan fingerprint density at radius 1 is 1.20 bits per heavy atom. The Balaban J connectivity index is 2.11. The van der Waals surface area contributed by atoms with Crippen molar-refractivity contribution in [1.82, 2.24) is 0 Å². The second-order valence-electron chi connectivity index (χ2n) is 4.53. The summed E-state index contributed by atoms with van der Waals surface area (Å²) in [6, 6.07) is 7.43. The molecule has 3 nitrogen and oxygen atoms in total. The van der Waals surface area contributed by atoms with E-state index in [1.807, 2.05) is 24.3 Å². The topological polar surface area (TPSA) is 43.4 Å². The summed E-state index contributed by atoms with van der Waals surface area (Å²) < 4.78 is 16.7. The van der Waals surface area contributed by atoms with Crippen LogP contribution in [0.4, 0.5) is 0 Å². The average molecular weight is 317 g/mol. The van der Waals surface area contributed by atoms with E-state index in [9.17, 15) is 9.00 Å². The van der Waals surface area contributed by atoms with Crippen molar-refractivity contribution >= 4 is 28.4 Å². The molecule has 0 N–H and O–H groups in total.